The Hall–Kier alpha value is -3.81. The summed E-state index contributed by atoms with van der Waals surface area (Å²) in [7, 11) is -4.04. The van der Waals surface area contributed by atoms with Gasteiger partial charge in [0.2, 0.25) is 10.0 Å². The van der Waals surface area contributed by atoms with Gasteiger partial charge in [0.05, 0.1) is 29.2 Å². The van der Waals surface area contributed by atoms with Crippen LogP contribution in [0.2, 0.25) is 0 Å². The lowest BCUT2D eigenvalue weighted by Gasteiger charge is -2.30. The molecular formula is C27H29N5O4S. The Labute approximate surface area is 216 Å². The summed E-state index contributed by atoms with van der Waals surface area (Å²) in [5, 5.41) is 13.5. The van der Waals surface area contributed by atoms with Gasteiger partial charge in [-0.2, -0.15) is 14.6 Å². The molecule has 0 spiro atoms. The van der Waals surface area contributed by atoms with E-state index in [4.69, 9.17) is 4.52 Å². The fourth-order valence-electron chi connectivity index (χ4n) is 4.44. The molecule has 0 aliphatic carbocycles. The van der Waals surface area contributed by atoms with Crippen molar-refractivity contribution in [3.8, 4) is 6.07 Å². The third kappa shape index (κ3) is 5.19. The number of rotatable bonds is 10. The fraction of sp³-hybridized carbons (Fsp3) is 0.333. The van der Waals surface area contributed by atoms with Gasteiger partial charge in [0.25, 0.3) is 11.3 Å². The van der Waals surface area contributed by atoms with Crippen molar-refractivity contribution >= 4 is 21.1 Å². The maximum Gasteiger partial charge on any atom is 0.267 e. The Morgan fingerprint density at radius 2 is 1.84 bits per heavy atom. The third-order valence-electron chi connectivity index (χ3n) is 6.37. The first-order valence-electron chi connectivity index (χ1n) is 12.2. The van der Waals surface area contributed by atoms with Crippen LogP contribution >= 0.6 is 0 Å². The largest absolute Gasteiger partial charge is 0.335 e. The first-order chi connectivity index (χ1) is 17.8. The average Bonchev–Trinajstić information content (AvgIpc) is 3.29. The Kier molecular flexibility index (Phi) is 7.86. The quantitative estimate of drug-likeness (QED) is 0.305. The monoisotopic (exact) mass is 519 g/mol. The second-order valence-electron chi connectivity index (χ2n) is 8.74. The van der Waals surface area contributed by atoms with Gasteiger partial charge in [0.15, 0.2) is 0 Å². The van der Waals surface area contributed by atoms with E-state index >= 15 is 0 Å². The molecule has 0 amide bonds. The lowest BCUT2D eigenvalue weighted by Crippen LogP contribution is -2.39. The van der Waals surface area contributed by atoms with E-state index in [9.17, 15) is 18.5 Å². The highest BCUT2D eigenvalue weighted by Gasteiger charge is 2.35. The lowest BCUT2D eigenvalue weighted by atomic mass is 10.1. The van der Waals surface area contributed by atoms with Crippen molar-refractivity contribution in [2.45, 2.75) is 57.5 Å². The molecule has 4 aromatic rings. The summed E-state index contributed by atoms with van der Waals surface area (Å²) in [4.78, 5) is 18.5. The topological polar surface area (TPSA) is 122 Å². The summed E-state index contributed by atoms with van der Waals surface area (Å²) >= 11 is 0. The Morgan fingerprint density at radius 3 is 2.51 bits per heavy atom. The minimum absolute atomic E-state index is 0.0181. The predicted molar refractivity (Wildman–Crippen MR) is 139 cm³/mol. The molecule has 9 nitrogen and oxygen atoms in total. The average molecular weight is 520 g/mol. The molecular weight excluding hydrogens is 490 g/mol. The number of sulfonamides is 1. The Morgan fingerprint density at radius 1 is 1.11 bits per heavy atom. The van der Waals surface area contributed by atoms with E-state index < -0.39 is 16.1 Å². The number of aryl methyl sites for hydroxylation is 2. The molecule has 0 fully saturated rings. The van der Waals surface area contributed by atoms with Crippen LogP contribution in [-0.2, 0) is 23.0 Å². The van der Waals surface area contributed by atoms with Crippen LogP contribution in [0, 0.1) is 18.3 Å². The van der Waals surface area contributed by atoms with Crippen molar-refractivity contribution in [1.29, 1.82) is 5.26 Å². The minimum atomic E-state index is -4.04. The normalized spacial score (nSPS) is 12.6. The molecule has 0 N–H and O–H groups in total. The smallest absolute Gasteiger partial charge is 0.267 e. The highest BCUT2D eigenvalue weighted by atomic mass is 32.2. The molecule has 1 atom stereocenters. The molecule has 2 aromatic heterocycles. The van der Waals surface area contributed by atoms with Crippen LogP contribution < -0.4 is 5.56 Å². The van der Waals surface area contributed by atoms with E-state index in [1.165, 1.54) is 8.87 Å². The van der Waals surface area contributed by atoms with Gasteiger partial charge in [-0.05, 0) is 43.0 Å². The van der Waals surface area contributed by atoms with Crippen LogP contribution in [0.25, 0.3) is 11.1 Å². The molecule has 0 saturated carbocycles. The van der Waals surface area contributed by atoms with Crippen LogP contribution in [-0.4, -0.2) is 34.0 Å². The van der Waals surface area contributed by atoms with Crippen LogP contribution in [0.5, 0.6) is 0 Å². The van der Waals surface area contributed by atoms with E-state index in [1.807, 2.05) is 56.3 Å². The minimum Gasteiger partial charge on any atom is -0.335 e. The summed E-state index contributed by atoms with van der Waals surface area (Å²) in [5.74, 6) is 0.244. The molecule has 4 rings (SSSR count). The molecule has 0 radical (unpaired) electrons. The number of hydrogen-bond acceptors (Lipinski definition) is 7. The maximum atomic E-state index is 14.0. The molecule has 37 heavy (non-hydrogen) atoms. The molecule has 10 heteroatoms. The number of nitriles is 1. The SMILES string of the molecule is CCc1cccc(S(=O)(=O)N(CCC#N)C(CC)c2nc3onc(C)c3c(=O)n2Cc2ccccc2)c1. The second kappa shape index (κ2) is 11.1. The van der Waals surface area contributed by atoms with Crippen molar-refractivity contribution in [3.63, 3.8) is 0 Å². The summed E-state index contributed by atoms with van der Waals surface area (Å²) in [6, 6.07) is 17.4. The third-order valence-corrected chi connectivity index (χ3v) is 8.27. The zero-order chi connectivity index (χ0) is 26.6. The molecule has 2 heterocycles. The van der Waals surface area contributed by atoms with Gasteiger partial charge >= 0.3 is 0 Å². The molecule has 0 saturated heterocycles. The van der Waals surface area contributed by atoms with Gasteiger partial charge in [0, 0.05) is 13.0 Å². The second-order valence-corrected chi connectivity index (χ2v) is 10.6. The van der Waals surface area contributed by atoms with E-state index in [1.54, 1.807) is 25.1 Å². The first-order valence-corrected chi connectivity index (χ1v) is 13.6. The van der Waals surface area contributed by atoms with Crippen molar-refractivity contribution in [2.75, 3.05) is 6.54 Å². The van der Waals surface area contributed by atoms with Crippen molar-refractivity contribution < 1.29 is 12.9 Å². The number of fused-ring (bicyclic) bond motifs is 1. The fourth-order valence-corrected chi connectivity index (χ4v) is 6.17. The first kappa shape index (κ1) is 26.3. The van der Waals surface area contributed by atoms with Gasteiger partial charge in [-0.1, -0.05) is 61.5 Å². The van der Waals surface area contributed by atoms with Gasteiger partial charge in [-0.15, -0.1) is 0 Å². The molecule has 0 bridgehead atoms. The molecule has 2 aromatic carbocycles. The van der Waals surface area contributed by atoms with E-state index in [-0.39, 0.29) is 46.9 Å². The number of benzene rings is 2. The van der Waals surface area contributed by atoms with Gasteiger partial charge < -0.3 is 4.52 Å². The summed E-state index contributed by atoms with van der Waals surface area (Å²) in [5.41, 5.74) is 1.86. The molecule has 1 unspecified atom stereocenters. The van der Waals surface area contributed by atoms with Gasteiger partial charge in [0.1, 0.15) is 11.2 Å². The number of aromatic nitrogens is 3. The van der Waals surface area contributed by atoms with Gasteiger partial charge in [-0.25, -0.2) is 8.42 Å². The van der Waals surface area contributed by atoms with E-state index in [0.29, 0.717) is 18.5 Å². The predicted octanol–water partition coefficient (Wildman–Crippen LogP) is 4.36. The summed E-state index contributed by atoms with van der Waals surface area (Å²) < 4.78 is 36.0. The van der Waals surface area contributed by atoms with Crippen LogP contribution in [0.1, 0.15) is 55.4 Å². The van der Waals surface area contributed by atoms with Crippen molar-refractivity contribution in [2.24, 2.45) is 0 Å². The Balaban J connectivity index is 1.93. The lowest BCUT2D eigenvalue weighted by molar-refractivity contribution is 0.299. The van der Waals surface area contributed by atoms with Gasteiger partial charge in [-0.3, -0.25) is 9.36 Å². The van der Waals surface area contributed by atoms with Crippen LogP contribution in [0.15, 0.2) is 68.8 Å². The van der Waals surface area contributed by atoms with Crippen LogP contribution in [0.3, 0.4) is 0 Å². The zero-order valence-electron chi connectivity index (χ0n) is 21.1. The van der Waals surface area contributed by atoms with E-state index in [0.717, 1.165) is 11.1 Å². The number of nitrogens with zero attached hydrogens (tertiary/aromatic N) is 5. The van der Waals surface area contributed by atoms with E-state index in [2.05, 4.69) is 10.1 Å². The number of hydrogen-bond donors (Lipinski definition) is 0. The summed E-state index contributed by atoms with van der Waals surface area (Å²) in [6.45, 7) is 5.59. The molecule has 192 valence electrons. The highest BCUT2D eigenvalue weighted by molar-refractivity contribution is 7.89. The maximum absolute atomic E-state index is 14.0. The molecule has 0 aliphatic rings. The molecule has 0 aliphatic heterocycles. The highest BCUT2D eigenvalue weighted by Crippen LogP contribution is 2.31. The van der Waals surface area contributed by atoms with Crippen molar-refractivity contribution in [3.05, 3.63) is 87.6 Å². The standard InChI is InChI=1S/C27H29N5O4S/c1-4-20-13-9-14-22(17-20)37(34,35)32(16-10-15-28)23(5-2)25-29-26-24(19(3)30-36-26)27(33)31(25)18-21-11-7-6-8-12-21/h6-9,11-14,17,23H,4-5,10,16,18H2,1-3H3. The van der Waals surface area contributed by atoms with Crippen molar-refractivity contribution in [1.82, 2.24) is 19.0 Å². The Bertz CT molecular complexity index is 1600. The summed E-state index contributed by atoms with van der Waals surface area (Å²) in [6.07, 6.45) is 0.978. The van der Waals surface area contributed by atoms with Crippen LogP contribution in [0.4, 0.5) is 0 Å². The zero-order valence-corrected chi connectivity index (χ0v) is 21.9.